The van der Waals surface area contributed by atoms with Gasteiger partial charge >= 0.3 is 0 Å². The molecule has 0 radical (unpaired) electrons. The van der Waals surface area contributed by atoms with E-state index in [1.54, 1.807) is 18.2 Å². The summed E-state index contributed by atoms with van der Waals surface area (Å²) in [6.45, 7) is 0.274. The van der Waals surface area contributed by atoms with Crippen LogP contribution in [0, 0.1) is 17.1 Å². The Bertz CT molecular complexity index is 874. The molecule has 0 saturated carbocycles. The largest absolute Gasteiger partial charge is 0.342 e. The van der Waals surface area contributed by atoms with Gasteiger partial charge in [0.05, 0.1) is 17.6 Å². The minimum Gasteiger partial charge on any atom is -0.342 e. The molecule has 0 amide bonds. The molecule has 3 aromatic rings. The number of nitriles is 1. The van der Waals surface area contributed by atoms with Gasteiger partial charge in [0.25, 0.3) is 0 Å². The van der Waals surface area contributed by atoms with Crippen LogP contribution >= 0.6 is 0 Å². The van der Waals surface area contributed by atoms with E-state index in [9.17, 15) is 9.18 Å². The highest BCUT2D eigenvalue weighted by atomic mass is 19.1. The molecular weight excluding hydrogens is 267 g/mol. The molecule has 0 N–H and O–H groups in total. The molecule has 1 heterocycles. The first-order chi connectivity index (χ1) is 10.2. The predicted octanol–water partition coefficient (Wildman–Crippen LogP) is 3.51. The molecule has 0 aliphatic carbocycles. The van der Waals surface area contributed by atoms with Crippen molar-refractivity contribution in [2.24, 2.45) is 0 Å². The van der Waals surface area contributed by atoms with Crippen LogP contribution < -0.4 is 0 Å². The van der Waals surface area contributed by atoms with Crippen molar-refractivity contribution < 1.29 is 9.18 Å². The topological polar surface area (TPSA) is 45.8 Å². The molecule has 0 unspecified atom stereocenters. The molecule has 3 rings (SSSR count). The highest BCUT2D eigenvalue weighted by molar-refractivity contribution is 5.96. The van der Waals surface area contributed by atoms with Gasteiger partial charge in [-0.15, -0.1) is 0 Å². The van der Waals surface area contributed by atoms with Gasteiger partial charge in [0.15, 0.2) is 6.29 Å². The molecular formula is C17H11FN2O. The number of hydrogen-bond donors (Lipinski definition) is 0. The molecule has 0 aliphatic rings. The van der Waals surface area contributed by atoms with Crippen molar-refractivity contribution in [3.05, 3.63) is 71.2 Å². The number of halogens is 1. The van der Waals surface area contributed by atoms with Crippen molar-refractivity contribution >= 4 is 17.2 Å². The number of carbonyl (C=O) groups is 1. The summed E-state index contributed by atoms with van der Waals surface area (Å²) in [7, 11) is 0. The summed E-state index contributed by atoms with van der Waals surface area (Å²) in [6.07, 6.45) is 2.61. The lowest BCUT2D eigenvalue weighted by molar-refractivity contribution is 0.112. The fourth-order valence-corrected chi connectivity index (χ4v) is 2.49. The second-order valence-corrected chi connectivity index (χ2v) is 4.74. The maximum Gasteiger partial charge on any atom is 0.152 e. The van der Waals surface area contributed by atoms with E-state index < -0.39 is 5.82 Å². The van der Waals surface area contributed by atoms with Gasteiger partial charge in [-0.1, -0.05) is 24.3 Å². The molecule has 4 heteroatoms. The molecule has 102 valence electrons. The molecule has 0 saturated heterocycles. The number of benzene rings is 2. The molecule has 0 bridgehead atoms. The zero-order chi connectivity index (χ0) is 14.8. The predicted molar refractivity (Wildman–Crippen MR) is 77.5 cm³/mol. The van der Waals surface area contributed by atoms with Crippen molar-refractivity contribution in [2.45, 2.75) is 6.54 Å². The monoisotopic (exact) mass is 278 g/mol. The molecule has 0 fully saturated rings. The summed E-state index contributed by atoms with van der Waals surface area (Å²) in [5.41, 5.74) is 1.79. The van der Waals surface area contributed by atoms with Gasteiger partial charge < -0.3 is 4.57 Å². The first kappa shape index (κ1) is 13.1. The number of aromatic nitrogens is 1. The normalized spacial score (nSPS) is 10.5. The molecule has 0 aliphatic heterocycles. The maximum absolute atomic E-state index is 14.1. The van der Waals surface area contributed by atoms with E-state index in [1.807, 2.05) is 35.0 Å². The van der Waals surface area contributed by atoms with Crippen LogP contribution in [0.25, 0.3) is 10.9 Å². The lowest BCUT2D eigenvalue weighted by Crippen LogP contribution is -2.03. The quantitative estimate of drug-likeness (QED) is 0.688. The van der Waals surface area contributed by atoms with E-state index in [0.717, 1.165) is 17.2 Å². The number of carbonyl (C=O) groups excluding carboxylic acids is 1. The van der Waals surface area contributed by atoms with Crippen LogP contribution in [0.15, 0.2) is 48.7 Å². The highest BCUT2D eigenvalue weighted by Gasteiger charge is 2.11. The number of nitrogens with zero attached hydrogens (tertiary/aromatic N) is 2. The first-order valence-corrected chi connectivity index (χ1v) is 6.45. The Morgan fingerprint density at radius 3 is 2.76 bits per heavy atom. The Labute approximate surface area is 120 Å². The van der Waals surface area contributed by atoms with Crippen LogP contribution in [0.4, 0.5) is 4.39 Å². The van der Waals surface area contributed by atoms with Crippen LogP contribution in [0.1, 0.15) is 21.5 Å². The Balaban J connectivity index is 2.11. The lowest BCUT2D eigenvalue weighted by atomic mass is 10.1. The van der Waals surface area contributed by atoms with E-state index in [0.29, 0.717) is 11.1 Å². The SMILES string of the molecule is N#Cc1cccc(Cn2ccc3cccc(C=O)c32)c1F. The summed E-state index contributed by atoms with van der Waals surface area (Å²) in [5.74, 6) is -0.509. The molecule has 3 nitrogen and oxygen atoms in total. The zero-order valence-electron chi connectivity index (χ0n) is 11.1. The second kappa shape index (κ2) is 5.22. The smallest absolute Gasteiger partial charge is 0.152 e. The maximum atomic E-state index is 14.1. The average molecular weight is 278 g/mol. The standard InChI is InChI=1S/C17H11FN2O/c18-16-13(9-19)4-2-5-14(16)10-20-8-7-12-3-1-6-15(11-21)17(12)20/h1-8,11H,10H2. The third-order valence-corrected chi connectivity index (χ3v) is 3.49. The van der Waals surface area contributed by atoms with Crippen molar-refractivity contribution in [2.75, 3.05) is 0 Å². The van der Waals surface area contributed by atoms with Gasteiger partial charge in [-0.3, -0.25) is 4.79 Å². The van der Waals surface area contributed by atoms with E-state index in [2.05, 4.69) is 0 Å². The minimum absolute atomic E-state index is 0.0274. The fourth-order valence-electron chi connectivity index (χ4n) is 2.49. The molecule has 0 spiro atoms. The van der Waals surface area contributed by atoms with Crippen molar-refractivity contribution in [3.8, 4) is 6.07 Å². The van der Waals surface area contributed by atoms with E-state index in [-0.39, 0.29) is 12.1 Å². The van der Waals surface area contributed by atoms with Gasteiger partial charge in [-0.2, -0.15) is 5.26 Å². The minimum atomic E-state index is -0.509. The molecule has 0 atom stereocenters. The number of para-hydroxylation sites is 1. The van der Waals surface area contributed by atoms with E-state index in [1.165, 1.54) is 6.07 Å². The summed E-state index contributed by atoms with van der Waals surface area (Å²) < 4.78 is 16.0. The Hall–Kier alpha value is -2.93. The van der Waals surface area contributed by atoms with Gasteiger partial charge in [-0.05, 0) is 18.2 Å². The van der Waals surface area contributed by atoms with E-state index >= 15 is 0 Å². The van der Waals surface area contributed by atoms with Crippen LogP contribution in [-0.2, 0) is 6.54 Å². The lowest BCUT2D eigenvalue weighted by Gasteiger charge is -2.09. The van der Waals surface area contributed by atoms with Gasteiger partial charge in [0.2, 0.25) is 0 Å². The van der Waals surface area contributed by atoms with Crippen molar-refractivity contribution in [1.29, 1.82) is 5.26 Å². The number of hydrogen-bond acceptors (Lipinski definition) is 2. The van der Waals surface area contributed by atoms with Crippen LogP contribution in [0.5, 0.6) is 0 Å². The Morgan fingerprint density at radius 2 is 2.00 bits per heavy atom. The van der Waals surface area contributed by atoms with Crippen molar-refractivity contribution in [1.82, 2.24) is 4.57 Å². The first-order valence-electron chi connectivity index (χ1n) is 6.45. The summed E-state index contributed by atoms with van der Waals surface area (Å²) in [6, 6.07) is 13.9. The van der Waals surface area contributed by atoms with E-state index in [4.69, 9.17) is 5.26 Å². The summed E-state index contributed by atoms with van der Waals surface area (Å²) in [5, 5.41) is 9.81. The van der Waals surface area contributed by atoms with Gasteiger partial charge in [0, 0.05) is 22.7 Å². The average Bonchev–Trinajstić information content (AvgIpc) is 2.92. The van der Waals surface area contributed by atoms with Crippen molar-refractivity contribution in [3.63, 3.8) is 0 Å². The molecule has 21 heavy (non-hydrogen) atoms. The number of rotatable bonds is 3. The number of fused-ring (bicyclic) bond motifs is 1. The van der Waals surface area contributed by atoms with Crippen LogP contribution in [0.2, 0.25) is 0 Å². The highest BCUT2D eigenvalue weighted by Crippen LogP contribution is 2.22. The summed E-state index contributed by atoms with van der Waals surface area (Å²) in [4.78, 5) is 11.2. The molecule has 2 aromatic carbocycles. The molecule has 1 aromatic heterocycles. The Morgan fingerprint density at radius 1 is 1.19 bits per heavy atom. The zero-order valence-corrected chi connectivity index (χ0v) is 11.1. The third kappa shape index (κ3) is 2.19. The third-order valence-electron chi connectivity index (χ3n) is 3.49. The van der Waals surface area contributed by atoms with Crippen LogP contribution in [0.3, 0.4) is 0 Å². The number of aldehydes is 1. The fraction of sp³-hybridized carbons (Fsp3) is 0.0588. The Kier molecular flexibility index (Phi) is 3.25. The second-order valence-electron chi connectivity index (χ2n) is 4.74. The van der Waals surface area contributed by atoms with Gasteiger partial charge in [0.1, 0.15) is 11.9 Å². The summed E-state index contributed by atoms with van der Waals surface area (Å²) >= 11 is 0. The van der Waals surface area contributed by atoms with Gasteiger partial charge in [-0.25, -0.2) is 4.39 Å². The van der Waals surface area contributed by atoms with Crippen LogP contribution in [-0.4, -0.2) is 10.9 Å².